The molecule has 0 spiro atoms. The van der Waals surface area contributed by atoms with Gasteiger partial charge in [-0.05, 0) is 93.3 Å². The summed E-state index contributed by atoms with van der Waals surface area (Å²) in [5.74, 6) is -0.238. The van der Waals surface area contributed by atoms with E-state index in [1.807, 2.05) is 53.7 Å². The number of esters is 1. The standard InChI is InChI=1S/C43H49N5O8/c1-8-29-30-20-28(16-17-34(30)45-37-31(29)22-47-35(37)21-33-32(39(47)51)23-54-40(52)43(33,7)24-49)55-25-48(41(53)56-36(18-19-44)42(5,6)9-2)27-14-12-26(13-15-27)38(50)46(10-3)11-4/h12-17,20-21,36,49H,8-11,18,22-25H2,1-7H3. The molecule has 4 aromatic rings. The SMILES string of the molecule is CCc1c2c(nc3ccc(OCN(C(=O)OC(CC#N)C(C)(C)CC)c4ccc(C(=O)N(CC)CC)cc4)cc13)-c1cc3c(c(=O)n1C2)COC(=O)C3(C)CO. The zero-order valence-corrected chi connectivity index (χ0v) is 33.1. The molecular weight excluding hydrogens is 715 g/mol. The molecule has 4 heterocycles. The lowest BCUT2D eigenvalue weighted by Gasteiger charge is -2.33. The summed E-state index contributed by atoms with van der Waals surface area (Å²) in [7, 11) is 0. The highest BCUT2D eigenvalue weighted by molar-refractivity contribution is 5.95. The number of aliphatic hydroxyl groups is 1. The van der Waals surface area contributed by atoms with E-state index >= 15 is 0 Å². The Labute approximate surface area is 326 Å². The average Bonchev–Trinajstić information content (AvgIpc) is 3.57. The van der Waals surface area contributed by atoms with E-state index in [0.29, 0.717) is 71.0 Å². The molecule has 2 aliphatic rings. The van der Waals surface area contributed by atoms with Crippen molar-refractivity contribution in [3.8, 4) is 23.2 Å². The highest BCUT2D eigenvalue weighted by Gasteiger charge is 2.44. The van der Waals surface area contributed by atoms with Gasteiger partial charge in [-0.15, -0.1) is 0 Å². The second-order valence-electron chi connectivity index (χ2n) is 15.1. The van der Waals surface area contributed by atoms with E-state index < -0.39 is 35.6 Å². The Balaban J connectivity index is 1.34. The van der Waals surface area contributed by atoms with E-state index in [-0.39, 0.29) is 37.8 Å². The summed E-state index contributed by atoms with van der Waals surface area (Å²) in [6.45, 7) is 13.8. The number of rotatable bonds is 13. The molecule has 56 heavy (non-hydrogen) atoms. The Morgan fingerprint density at radius 2 is 1.79 bits per heavy atom. The van der Waals surface area contributed by atoms with Crippen LogP contribution in [0.1, 0.15) is 93.9 Å². The molecule has 0 radical (unpaired) electrons. The molecular formula is C43H49N5O8. The fourth-order valence-corrected chi connectivity index (χ4v) is 7.44. The van der Waals surface area contributed by atoms with E-state index in [4.69, 9.17) is 19.2 Å². The molecule has 0 saturated carbocycles. The summed E-state index contributed by atoms with van der Waals surface area (Å²) in [4.78, 5) is 61.5. The molecule has 2 aliphatic heterocycles. The van der Waals surface area contributed by atoms with Crippen LogP contribution in [0.4, 0.5) is 10.5 Å². The fourth-order valence-electron chi connectivity index (χ4n) is 7.44. The van der Waals surface area contributed by atoms with Crippen molar-refractivity contribution in [1.82, 2.24) is 14.5 Å². The van der Waals surface area contributed by atoms with Gasteiger partial charge in [-0.2, -0.15) is 5.26 Å². The normalized spacial score (nSPS) is 16.2. The molecule has 13 nitrogen and oxygen atoms in total. The van der Waals surface area contributed by atoms with Gasteiger partial charge in [0.25, 0.3) is 11.5 Å². The van der Waals surface area contributed by atoms with Crippen LogP contribution in [0, 0.1) is 16.7 Å². The molecule has 2 aromatic carbocycles. The second-order valence-corrected chi connectivity index (χ2v) is 15.1. The van der Waals surface area contributed by atoms with Crippen molar-refractivity contribution in [1.29, 1.82) is 5.26 Å². The Hall–Kier alpha value is -5.74. The predicted octanol–water partition coefficient (Wildman–Crippen LogP) is 6.47. The number of aromatic nitrogens is 2. The molecule has 294 valence electrons. The molecule has 2 aromatic heterocycles. The van der Waals surface area contributed by atoms with Gasteiger partial charge in [-0.25, -0.2) is 14.7 Å². The van der Waals surface area contributed by atoms with Crippen molar-refractivity contribution >= 4 is 34.6 Å². The third-order valence-electron chi connectivity index (χ3n) is 11.6. The zero-order valence-electron chi connectivity index (χ0n) is 33.1. The number of aryl methyl sites for hydroxylation is 1. The number of benzene rings is 2. The Morgan fingerprint density at radius 3 is 2.41 bits per heavy atom. The number of nitrogens with zero attached hydrogens (tertiary/aromatic N) is 5. The number of aliphatic hydroxyl groups excluding tert-OH is 1. The molecule has 0 saturated heterocycles. The number of anilines is 1. The highest BCUT2D eigenvalue weighted by atomic mass is 16.6. The van der Waals surface area contributed by atoms with Crippen LogP contribution in [0.5, 0.6) is 5.75 Å². The van der Waals surface area contributed by atoms with Crippen LogP contribution >= 0.6 is 0 Å². The number of pyridine rings is 2. The van der Waals surface area contributed by atoms with Crippen LogP contribution in [0.15, 0.2) is 53.3 Å². The maximum atomic E-state index is 13.9. The number of hydrogen-bond acceptors (Lipinski definition) is 10. The highest BCUT2D eigenvalue weighted by Crippen LogP contribution is 2.40. The van der Waals surface area contributed by atoms with E-state index in [9.17, 15) is 29.5 Å². The van der Waals surface area contributed by atoms with Crippen molar-refractivity contribution in [2.75, 3.05) is 31.3 Å². The molecule has 0 bridgehead atoms. The summed E-state index contributed by atoms with van der Waals surface area (Å²) in [6.07, 6.45) is -0.0544. The Bertz CT molecular complexity index is 2290. The number of carbonyl (C=O) groups excluding carboxylic acids is 3. The molecule has 2 unspecified atom stereocenters. The smallest absolute Gasteiger partial charge is 0.417 e. The van der Waals surface area contributed by atoms with Gasteiger partial charge in [0.15, 0.2) is 6.73 Å². The first-order valence-corrected chi connectivity index (χ1v) is 19.1. The molecule has 13 heteroatoms. The van der Waals surface area contributed by atoms with Gasteiger partial charge in [0.05, 0.1) is 53.8 Å². The van der Waals surface area contributed by atoms with Crippen LogP contribution in [0.3, 0.4) is 0 Å². The van der Waals surface area contributed by atoms with Crippen molar-refractivity contribution in [2.24, 2.45) is 5.41 Å². The van der Waals surface area contributed by atoms with Crippen molar-refractivity contribution < 1.29 is 33.7 Å². The van der Waals surface area contributed by atoms with E-state index in [2.05, 4.69) is 6.07 Å². The fraction of sp³-hybridized carbons (Fsp3) is 0.442. The Morgan fingerprint density at radius 1 is 1.07 bits per heavy atom. The van der Waals surface area contributed by atoms with E-state index in [0.717, 1.165) is 16.5 Å². The third kappa shape index (κ3) is 6.98. The number of carbonyl (C=O) groups is 3. The van der Waals surface area contributed by atoms with Crippen LogP contribution < -0.4 is 15.2 Å². The minimum Gasteiger partial charge on any atom is -0.473 e. The molecule has 6 rings (SSSR count). The van der Waals surface area contributed by atoms with Gasteiger partial charge in [-0.3, -0.25) is 14.4 Å². The number of ether oxygens (including phenoxy) is 3. The maximum absolute atomic E-state index is 13.9. The number of cyclic esters (lactones) is 1. The zero-order chi connectivity index (χ0) is 40.5. The summed E-state index contributed by atoms with van der Waals surface area (Å²) in [5.41, 5.74) is 3.35. The largest absolute Gasteiger partial charge is 0.473 e. The van der Waals surface area contributed by atoms with Gasteiger partial charge in [0, 0.05) is 35.0 Å². The summed E-state index contributed by atoms with van der Waals surface area (Å²) >= 11 is 0. The van der Waals surface area contributed by atoms with Crippen molar-refractivity contribution in [3.05, 3.63) is 86.7 Å². The summed E-state index contributed by atoms with van der Waals surface area (Å²) in [6, 6.07) is 16.1. The van der Waals surface area contributed by atoms with Crippen LogP contribution in [0.25, 0.3) is 22.3 Å². The minimum absolute atomic E-state index is 0.0195. The summed E-state index contributed by atoms with van der Waals surface area (Å²) < 4.78 is 19.3. The van der Waals surface area contributed by atoms with Gasteiger partial charge in [0.2, 0.25) is 0 Å². The topological polar surface area (TPSA) is 164 Å². The lowest BCUT2D eigenvalue weighted by Crippen LogP contribution is -2.45. The van der Waals surface area contributed by atoms with Crippen LogP contribution in [-0.2, 0) is 39.3 Å². The number of nitriles is 1. The lowest BCUT2D eigenvalue weighted by atomic mass is 9.79. The third-order valence-corrected chi connectivity index (χ3v) is 11.6. The monoisotopic (exact) mass is 763 g/mol. The van der Waals surface area contributed by atoms with Crippen molar-refractivity contribution in [3.63, 3.8) is 0 Å². The van der Waals surface area contributed by atoms with Gasteiger partial charge < -0.3 is 28.8 Å². The minimum atomic E-state index is -1.37. The average molecular weight is 764 g/mol. The molecule has 2 amide bonds. The number of fused-ring (bicyclic) bond motifs is 5. The Kier molecular flexibility index (Phi) is 11.3. The molecule has 2 atom stereocenters. The summed E-state index contributed by atoms with van der Waals surface area (Å²) in [5, 5.41) is 20.6. The number of amides is 2. The molecule has 0 fully saturated rings. The quantitative estimate of drug-likeness (QED) is 0.104. The first kappa shape index (κ1) is 39.9. The van der Waals surface area contributed by atoms with Crippen LogP contribution in [-0.4, -0.2) is 70.1 Å². The van der Waals surface area contributed by atoms with Gasteiger partial charge >= 0.3 is 12.1 Å². The molecule has 0 aliphatic carbocycles. The van der Waals surface area contributed by atoms with Crippen LogP contribution in [0.2, 0.25) is 0 Å². The second kappa shape index (κ2) is 15.8. The van der Waals surface area contributed by atoms with Crippen molar-refractivity contribution in [2.45, 2.75) is 92.4 Å². The first-order valence-electron chi connectivity index (χ1n) is 19.1. The predicted molar refractivity (Wildman–Crippen MR) is 210 cm³/mol. The van der Waals surface area contributed by atoms with Gasteiger partial charge in [-0.1, -0.05) is 27.7 Å². The number of hydrogen-bond donors (Lipinski definition) is 1. The first-order chi connectivity index (χ1) is 26.8. The molecule has 1 N–H and O–H groups in total. The lowest BCUT2D eigenvalue weighted by molar-refractivity contribution is -0.155. The maximum Gasteiger partial charge on any atom is 0.417 e. The van der Waals surface area contributed by atoms with E-state index in [1.54, 1.807) is 52.8 Å². The van der Waals surface area contributed by atoms with E-state index in [1.165, 1.54) is 4.90 Å². The van der Waals surface area contributed by atoms with Gasteiger partial charge in [0.1, 0.15) is 23.9 Å².